The lowest BCUT2D eigenvalue weighted by Crippen LogP contribution is -2.45. The predicted molar refractivity (Wildman–Crippen MR) is 52.9 cm³/mol. The number of carboxylic acid groups (broad SMARTS) is 1. The average Bonchev–Trinajstić information content (AvgIpc) is 2.69. The first kappa shape index (κ1) is 12.5. The first-order valence-corrected chi connectivity index (χ1v) is 5.08. The maximum atomic E-state index is 12.3. The number of nitrogens with zero attached hydrogens (tertiary/aromatic N) is 2. The standard InChI is InChI=1S/C10H9F3N2O3/c11-10(12,13)9(18)15-4-3-14-2-1-6(8(16)17)7(14)5-15/h1-2H,3-5H2,(H,16,17). The van der Waals surface area contributed by atoms with Crippen LogP contribution in [0.1, 0.15) is 16.1 Å². The third-order valence-electron chi connectivity index (χ3n) is 2.79. The molecule has 0 saturated carbocycles. The number of aromatic nitrogens is 1. The first-order chi connectivity index (χ1) is 8.30. The molecule has 0 radical (unpaired) electrons. The molecule has 0 atom stereocenters. The summed E-state index contributed by atoms with van der Waals surface area (Å²) in [5, 5.41) is 8.88. The molecule has 0 aliphatic carbocycles. The molecule has 8 heteroatoms. The zero-order chi connectivity index (χ0) is 13.5. The van der Waals surface area contributed by atoms with Gasteiger partial charge in [-0.3, -0.25) is 4.79 Å². The monoisotopic (exact) mass is 262 g/mol. The van der Waals surface area contributed by atoms with Crippen LogP contribution in [0.15, 0.2) is 12.3 Å². The third kappa shape index (κ3) is 2.05. The van der Waals surface area contributed by atoms with Gasteiger partial charge in [0, 0.05) is 19.3 Å². The second-order valence-electron chi connectivity index (χ2n) is 3.90. The highest BCUT2D eigenvalue weighted by molar-refractivity contribution is 5.89. The van der Waals surface area contributed by atoms with E-state index in [2.05, 4.69) is 0 Å². The van der Waals surface area contributed by atoms with E-state index in [1.807, 2.05) is 0 Å². The van der Waals surface area contributed by atoms with Crippen LogP contribution < -0.4 is 0 Å². The van der Waals surface area contributed by atoms with Gasteiger partial charge in [-0.1, -0.05) is 0 Å². The number of hydrogen-bond acceptors (Lipinski definition) is 2. The van der Waals surface area contributed by atoms with Crippen molar-refractivity contribution in [1.29, 1.82) is 0 Å². The highest BCUT2D eigenvalue weighted by Gasteiger charge is 2.43. The van der Waals surface area contributed by atoms with E-state index in [1.54, 1.807) is 4.57 Å². The number of carboxylic acids is 1. The summed E-state index contributed by atoms with van der Waals surface area (Å²) in [6.45, 7) is -0.267. The molecule has 0 fully saturated rings. The van der Waals surface area contributed by atoms with Crippen molar-refractivity contribution in [2.45, 2.75) is 19.3 Å². The number of carbonyl (C=O) groups is 2. The van der Waals surface area contributed by atoms with E-state index < -0.39 is 18.1 Å². The van der Waals surface area contributed by atoms with Gasteiger partial charge in [0.15, 0.2) is 0 Å². The van der Waals surface area contributed by atoms with E-state index in [4.69, 9.17) is 5.11 Å². The van der Waals surface area contributed by atoms with Crippen molar-refractivity contribution in [3.8, 4) is 0 Å². The second-order valence-corrected chi connectivity index (χ2v) is 3.90. The summed E-state index contributed by atoms with van der Waals surface area (Å²) in [6, 6.07) is 1.32. The maximum absolute atomic E-state index is 12.3. The van der Waals surface area contributed by atoms with Crippen LogP contribution >= 0.6 is 0 Å². The van der Waals surface area contributed by atoms with E-state index >= 15 is 0 Å². The minimum Gasteiger partial charge on any atom is -0.478 e. The zero-order valence-electron chi connectivity index (χ0n) is 9.07. The Morgan fingerprint density at radius 2 is 1.94 bits per heavy atom. The Kier molecular flexibility index (Phi) is 2.80. The summed E-state index contributed by atoms with van der Waals surface area (Å²) >= 11 is 0. The second kappa shape index (κ2) is 4.04. The lowest BCUT2D eigenvalue weighted by atomic mass is 10.2. The van der Waals surface area contributed by atoms with E-state index in [9.17, 15) is 22.8 Å². The van der Waals surface area contributed by atoms with Crippen LogP contribution in [0.3, 0.4) is 0 Å². The predicted octanol–water partition coefficient (Wildman–Crippen LogP) is 1.09. The Morgan fingerprint density at radius 1 is 1.28 bits per heavy atom. The number of hydrogen-bond donors (Lipinski definition) is 1. The van der Waals surface area contributed by atoms with Crippen molar-refractivity contribution in [2.75, 3.05) is 6.54 Å². The van der Waals surface area contributed by atoms with Crippen LogP contribution in [0, 0.1) is 0 Å². The number of aromatic carboxylic acids is 1. The molecule has 2 heterocycles. The molecule has 1 N–H and O–H groups in total. The molecule has 1 amide bonds. The molecule has 1 aromatic heterocycles. The number of carbonyl (C=O) groups excluding carboxylic acids is 1. The molecule has 1 aliphatic rings. The first-order valence-electron chi connectivity index (χ1n) is 5.08. The number of alkyl halides is 3. The normalized spacial score (nSPS) is 15.4. The lowest BCUT2D eigenvalue weighted by molar-refractivity contribution is -0.186. The van der Waals surface area contributed by atoms with Gasteiger partial charge >= 0.3 is 18.1 Å². The largest absolute Gasteiger partial charge is 0.478 e. The van der Waals surface area contributed by atoms with E-state index in [0.29, 0.717) is 4.90 Å². The van der Waals surface area contributed by atoms with Crippen molar-refractivity contribution >= 4 is 11.9 Å². The van der Waals surface area contributed by atoms with E-state index in [-0.39, 0.29) is 30.9 Å². The molecule has 1 aromatic rings. The smallest absolute Gasteiger partial charge is 0.471 e. The van der Waals surface area contributed by atoms with Crippen molar-refractivity contribution in [1.82, 2.24) is 9.47 Å². The lowest BCUT2D eigenvalue weighted by Gasteiger charge is -2.29. The average molecular weight is 262 g/mol. The summed E-state index contributed by atoms with van der Waals surface area (Å²) in [6.07, 6.45) is -3.44. The summed E-state index contributed by atoms with van der Waals surface area (Å²) in [5.74, 6) is -3.16. The zero-order valence-corrected chi connectivity index (χ0v) is 9.07. The van der Waals surface area contributed by atoms with E-state index in [1.165, 1.54) is 12.3 Å². The number of fused-ring (bicyclic) bond motifs is 1. The molecule has 1 aliphatic heterocycles. The fraction of sp³-hybridized carbons (Fsp3) is 0.400. The minimum atomic E-state index is -4.93. The van der Waals surface area contributed by atoms with Crippen LogP contribution in [0.4, 0.5) is 13.2 Å². The number of rotatable bonds is 1. The van der Waals surface area contributed by atoms with Crippen LogP contribution in [-0.2, 0) is 17.9 Å². The Labute approximate surface area is 99.4 Å². The Bertz CT molecular complexity index is 507. The van der Waals surface area contributed by atoms with Crippen LogP contribution in [0.25, 0.3) is 0 Å². The SMILES string of the molecule is O=C(O)c1ccn2c1CN(C(=O)C(F)(F)F)CC2. The molecular weight excluding hydrogens is 253 g/mol. The van der Waals surface area contributed by atoms with Crippen LogP contribution in [0.2, 0.25) is 0 Å². The molecule has 2 rings (SSSR count). The molecule has 5 nitrogen and oxygen atoms in total. The molecule has 0 unspecified atom stereocenters. The fourth-order valence-electron chi connectivity index (χ4n) is 1.93. The molecule has 0 aromatic carbocycles. The number of halogens is 3. The summed E-state index contributed by atoms with van der Waals surface area (Å²) in [4.78, 5) is 22.6. The molecule has 0 saturated heterocycles. The molecular formula is C10H9F3N2O3. The summed E-state index contributed by atoms with van der Waals surface area (Å²) in [5.41, 5.74) is 0.140. The Hall–Kier alpha value is -1.99. The third-order valence-corrected chi connectivity index (χ3v) is 2.79. The van der Waals surface area contributed by atoms with Crippen LogP contribution in [-0.4, -0.2) is 39.2 Å². The summed E-state index contributed by atoms with van der Waals surface area (Å²) < 4.78 is 38.4. The molecule has 0 spiro atoms. The van der Waals surface area contributed by atoms with Gasteiger partial charge in [-0.25, -0.2) is 4.79 Å². The number of amides is 1. The highest BCUT2D eigenvalue weighted by Crippen LogP contribution is 2.24. The Morgan fingerprint density at radius 3 is 2.50 bits per heavy atom. The maximum Gasteiger partial charge on any atom is 0.471 e. The quantitative estimate of drug-likeness (QED) is 0.824. The van der Waals surface area contributed by atoms with Crippen LogP contribution in [0.5, 0.6) is 0 Å². The van der Waals surface area contributed by atoms with Gasteiger partial charge in [0.25, 0.3) is 0 Å². The van der Waals surface area contributed by atoms with Gasteiger partial charge in [-0.05, 0) is 6.07 Å². The van der Waals surface area contributed by atoms with Gasteiger partial charge in [-0.15, -0.1) is 0 Å². The van der Waals surface area contributed by atoms with E-state index in [0.717, 1.165) is 0 Å². The van der Waals surface area contributed by atoms with Gasteiger partial charge in [0.1, 0.15) is 0 Å². The van der Waals surface area contributed by atoms with Gasteiger partial charge < -0.3 is 14.6 Å². The highest BCUT2D eigenvalue weighted by atomic mass is 19.4. The van der Waals surface area contributed by atoms with Crippen molar-refractivity contribution in [3.05, 3.63) is 23.5 Å². The van der Waals surface area contributed by atoms with Crippen molar-refractivity contribution in [3.63, 3.8) is 0 Å². The Balaban J connectivity index is 2.26. The fourth-order valence-corrected chi connectivity index (χ4v) is 1.93. The minimum absolute atomic E-state index is 0.0744. The van der Waals surface area contributed by atoms with Crippen molar-refractivity contribution < 1.29 is 27.9 Å². The molecule has 0 bridgehead atoms. The van der Waals surface area contributed by atoms with Gasteiger partial charge in [0.2, 0.25) is 0 Å². The molecule has 18 heavy (non-hydrogen) atoms. The topological polar surface area (TPSA) is 62.5 Å². The van der Waals surface area contributed by atoms with Crippen molar-refractivity contribution in [2.24, 2.45) is 0 Å². The molecule has 98 valence electrons. The van der Waals surface area contributed by atoms with Gasteiger partial charge in [-0.2, -0.15) is 13.2 Å². The summed E-state index contributed by atoms with van der Waals surface area (Å²) in [7, 11) is 0. The van der Waals surface area contributed by atoms with Gasteiger partial charge in [0.05, 0.1) is 17.8 Å².